The van der Waals surface area contributed by atoms with Gasteiger partial charge >= 0.3 is 5.97 Å². The van der Waals surface area contributed by atoms with Gasteiger partial charge in [0.1, 0.15) is 19.8 Å². The Morgan fingerprint density at radius 3 is 2.40 bits per heavy atom. The summed E-state index contributed by atoms with van der Waals surface area (Å²) in [6.07, 6.45) is 0. The molecule has 0 saturated heterocycles. The van der Waals surface area contributed by atoms with Crippen LogP contribution in [0.3, 0.4) is 0 Å². The minimum Gasteiger partial charge on any atom is -0.486 e. The van der Waals surface area contributed by atoms with Crippen molar-refractivity contribution < 1.29 is 27.4 Å². The average molecular weight is 425 g/mol. The maximum Gasteiger partial charge on any atom is 0.340 e. The van der Waals surface area contributed by atoms with Crippen molar-refractivity contribution in [2.45, 2.75) is 11.5 Å². The third kappa shape index (κ3) is 4.38. The second-order valence-electron chi connectivity index (χ2n) is 6.52. The quantitative estimate of drug-likeness (QED) is 0.607. The summed E-state index contributed by atoms with van der Waals surface area (Å²) >= 11 is 0. The summed E-state index contributed by atoms with van der Waals surface area (Å²) in [5.74, 6) is 0.226. The van der Waals surface area contributed by atoms with Gasteiger partial charge in [-0.05, 0) is 29.8 Å². The first-order valence-electron chi connectivity index (χ1n) is 9.25. The summed E-state index contributed by atoms with van der Waals surface area (Å²) in [6, 6.07) is 19.9. The van der Waals surface area contributed by atoms with Gasteiger partial charge < -0.3 is 14.2 Å². The first kappa shape index (κ1) is 19.8. The number of hydrogen-bond acceptors (Lipinski definition) is 6. The predicted octanol–water partition coefficient (Wildman–Crippen LogP) is 3.62. The second-order valence-corrected chi connectivity index (χ2v) is 8.20. The Morgan fingerprint density at radius 1 is 0.900 bits per heavy atom. The number of rotatable bonds is 6. The van der Waals surface area contributed by atoms with Crippen molar-refractivity contribution in [2.75, 3.05) is 17.9 Å². The van der Waals surface area contributed by atoms with Crippen molar-refractivity contribution in [2.24, 2.45) is 0 Å². The molecule has 0 spiro atoms. The maximum absolute atomic E-state index is 12.9. The highest BCUT2D eigenvalue weighted by Gasteiger charge is 2.22. The van der Waals surface area contributed by atoms with E-state index < -0.39 is 16.0 Å². The Morgan fingerprint density at radius 2 is 1.60 bits per heavy atom. The SMILES string of the molecule is O=C(OCc1ccccc1)c1ccccc1NS(=O)(=O)c1ccc2c(c1)OCCO2. The number of anilines is 1. The summed E-state index contributed by atoms with van der Waals surface area (Å²) in [4.78, 5) is 12.6. The fraction of sp³-hybridized carbons (Fsp3) is 0.136. The minimum absolute atomic E-state index is 0.000735. The van der Waals surface area contributed by atoms with Crippen LogP contribution >= 0.6 is 0 Å². The van der Waals surface area contributed by atoms with E-state index in [-0.39, 0.29) is 22.8 Å². The van der Waals surface area contributed by atoms with Gasteiger partial charge in [0.2, 0.25) is 0 Å². The van der Waals surface area contributed by atoms with E-state index in [1.54, 1.807) is 18.2 Å². The lowest BCUT2D eigenvalue weighted by atomic mass is 10.2. The molecule has 30 heavy (non-hydrogen) atoms. The topological polar surface area (TPSA) is 90.9 Å². The molecule has 154 valence electrons. The van der Waals surface area contributed by atoms with E-state index in [0.717, 1.165) is 5.56 Å². The zero-order chi connectivity index (χ0) is 21.0. The summed E-state index contributed by atoms with van der Waals surface area (Å²) in [5.41, 5.74) is 1.08. The largest absolute Gasteiger partial charge is 0.486 e. The Hall–Kier alpha value is -3.52. The van der Waals surface area contributed by atoms with Crippen LogP contribution in [0.1, 0.15) is 15.9 Å². The van der Waals surface area contributed by atoms with Crippen LogP contribution < -0.4 is 14.2 Å². The highest BCUT2D eigenvalue weighted by atomic mass is 32.2. The van der Waals surface area contributed by atoms with Crippen LogP contribution in [-0.2, 0) is 21.4 Å². The number of sulfonamides is 1. The van der Waals surface area contributed by atoms with E-state index in [4.69, 9.17) is 14.2 Å². The number of carbonyl (C=O) groups excluding carboxylic acids is 1. The van der Waals surface area contributed by atoms with Crippen molar-refractivity contribution in [3.8, 4) is 11.5 Å². The fourth-order valence-electron chi connectivity index (χ4n) is 2.95. The van der Waals surface area contributed by atoms with Crippen LogP contribution in [0.2, 0.25) is 0 Å². The van der Waals surface area contributed by atoms with Crippen LogP contribution in [0.15, 0.2) is 77.7 Å². The summed E-state index contributed by atoms with van der Waals surface area (Å²) < 4.78 is 44.4. The van der Waals surface area contributed by atoms with Crippen LogP contribution in [0.4, 0.5) is 5.69 Å². The van der Waals surface area contributed by atoms with E-state index in [1.807, 2.05) is 30.3 Å². The normalized spacial score (nSPS) is 12.8. The first-order chi connectivity index (χ1) is 14.5. The number of ether oxygens (including phenoxy) is 3. The summed E-state index contributed by atoms with van der Waals surface area (Å²) in [5, 5.41) is 0. The van der Waals surface area contributed by atoms with Crippen LogP contribution in [0.25, 0.3) is 0 Å². The molecular formula is C22H19NO6S. The van der Waals surface area contributed by atoms with E-state index in [2.05, 4.69) is 4.72 Å². The number of nitrogens with one attached hydrogen (secondary N) is 1. The van der Waals surface area contributed by atoms with Crippen molar-refractivity contribution in [1.29, 1.82) is 0 Å². The molecule has 4 rings (SSSR count). The van der Waals surface area contributed by atoms with Gasteiger partial charge in [-0.3, -0.25) is 4.72 Å². The Balaban J connectivity index is 1.54. The maximum atomic E-state index is 12.9. The lowest BCUT2D eigenvalue weighted by molar-refractivity contribution is 0.0474. The molecule has 0 radical (unpaired) electrons. The van der Waals surface area contributed by atoms with Gasteiger partial charge in [0.05, 0.1) is 16.1 Å². The molecule has 3 aromatic carbocycles. The predicted molar refractivity (Wildman–Crippen MR) is 110 cm³/mol. The lowest BCUT2D eigenvalue weighted by Crippen LogP contribution is -2.18. The number of hydrogen-bond donors (Lipinski definition) is 1. The molecule has 7 nitrogen and oxygen atoms in total. The van der Waals surface area contributed by atoms with Crippen molar-refractivity contribution in [3.63, 3.8) is 0 Å². The monoisotopic (exact) mass is 425 g/mol. The smallest absolute Gasteiger partial charge is 0.340 e. The van der Waals surface area contributed by atoms with Gasteiger partial charge in [-0.15, -0.1) is 0 Å². The molecule has 1 aliphatic rings. The minimum atomic E-state index is -3.96. The number of carbonyl (C=O) groups is 1. The Labute approximate surface area is 174 Å². The molecule has 1 heterocycles. The first-order valence-corrected chi connectivity index (χ1v) is 10.7. The Bertz CT molecular complexity index is 1160. The molecule has 1 aliphatic heterocycles. The molecule has 1 N–H and O–H groups in total. The third-order valence-electron chi connectivity index (χ3n) is 4.43. The fourth-order valence-corrected chi connectivity index (χ4v) is 4.04. The van der Waals surface area contributed by atoms with Crippen LogP contribution in [0, 0.1) is 0 Å². The molecule has 0 bridgehead atoms. The van der Waals surface area contributed by atoms with Gasteiger partial charge in [0.25, 0.3) is 10.0 Å². The average Bonchev–Trinajstić information content (AvgIpc) is 2.78. The van der Waals surface area contributed by atoms with Crippen LogP contribution in [-0.4, -0.2) is 27.6 Å². The molecule has 8 heteroatoms. The third-order valence-corrected chi connectivity index (χ3v) is 5.79. The zero-order valence-electron chi connectivity index (χ0n) is 15.9. The molecule has 0 atom stereocenters. The second kappa shape index (κ2) is 8.46. The van der Waals surface area contributed by atoms with Crippen molar-refractivity contribution in [1.82, 2.24) is 0 Å². The standard InChI is InChI=1S/C22H19NO6S/c24-22(29-15-16-6-2-1-3-7-16)18-8-4-5-9-19(18)23-30(25,26)17-10-11-20-21(14-17)28-13-12-27-20/h1-11,14,23H,12-13,15H2. The highest BCUT2D eigenvalue weighted by molar-refractivity contribution is 7.92. The number of esters is 1. The molecular weight excluding hydrogens is 406 g/mol. The Kier molecular flexibility index (Phi) is 5.58. The van der Waals surface area contributed by atoms with Gasteiger partial charge in [-0.2, -0.15) is 0 Å². The van der Waals surface area contributed by atoms with Crippen molar-refractivity contribution >= 4 is 21.7 Å². The van der Waals surface area contributed by atoms with Gasteiger partial charge in [-0.25, -0.2) is 13.2 Å². The highest BCUT2D eigenvalue weighted by Crippen LogP contribution is 2.33. The van der Waals surface area contributed by atoms with E-state index in [0.29, 0.717) is 24.7 Å². The van der Waals surface area contributed by atoms with Gasteiger partial charge in [0.15, 0.2) is 11.5 Å². The molecule has 0 unspecified atom stereocenters. The van der Waals surface area contributed by atoms with Gasteiger partial charge in [-0.1, -0.05) is 42.5 Å². The molecule has 0 aromatic heterocycles. The number of benzene rings is 3. The number of para-hydroxylation sites is 1. The van der Waals surface area contributed by atoms with Gasteiger partial charge in [0, 0.05) is 6.07 Å². The zero-order valence-corrected chi connectivity index (χ0v) is 16.7. The summed E-state index contributed by atoms with van der Waals surface area (Å²) in [6.45, 7) is 0.846. The molecule has 3 aromatic rings. The summed E-state index contributed by atoms with van der Waals surface area (Å²) in [7, 11) is -3.96. The van der Waals surface area contributed by atoms with Crippen LogP contribution in [0.5, 0.6) is 11.5 Å². The molecule has 0 saturated carbocycles. The molecule has 0 fully saturated rings. The van der Waals surface area contributed by atoms with E-state index in [1.165, 1.54) is 24.3 Å². The number of fused-ring (bicyclic) bond motifs is 1. The van der Waals surface area contributed by atoms with E-state index in [9.17, 15) is 13.2 Å². The molecule has 0 aliphatic carbocycles. The molecule has 0 amide bonds. The van der Waals surface area contributed by atoms with E-state index >= 15 is 0 Å². The van der Waals surface area contributed by atoms with Crippen molar-refractivity contribution in [3.05, 3.63) is 83.9 Å². The lowest BCUT2D eigenvalue weighted by Gasteiger charge is -2.19.